The predicted octanol–water partition coefficient (Wildman–Crippen LogP) is 1.66. The smallest absolute Gasteiger partial charge is 0.0827 e. The van der Waals surface area contributed by atoms with Crippen LogP contribution in [0.2, 0.25) is 0 Å². The van der Waals surface area contributed by atoms with E-state index in [1.54, 1.807) is 0 Å². The highest BCUT2D eigenvalue weighted by atomic mass is 16.5. The average molecular weight is 342 g/mol. The Morgan fingerprint density at radius 1 is 1.00 bits per heavy atom. The number of aromatic nitrogens is 3. The number of rotatable bonds is 16. The highest BCUT2D eigenvalue weighted by Gasteiger charge is 2.02. The molecule has 1 aromatic rings. The highest BCUT2D eigenvalue weighted by Crippen LogP contribution is 2.09. The van der Waals surface area contributed by atoms with Crippen molar-refractivity contribution in [3.63, 3.8) is 0 Å². The monoisotopic (exact) mass is 342 g/mol. The van der Waals surface area contributed by atoms with E-state index < -0.39 is 0 Å². The minimum atomic E-state index is 0.547. The van der Waals surface area contributed by atoms with Crippen LogP contribution in [0.1, 0.15) is 38.8 Å². The lowest BCUT2D eigenvalue weighted by atomic mass is 10.0. The lowest BCUT2D eigenvalue weighted by Gasteiger charge is -2.06. The van der Waals surface area contributed by atoms with Crippen LogP contribution < -0.4 is 5.73 Å². The van der Waals surface area contributed by atoms with Gasteiger partial charge in [-0.2, -0.15) is 0 Å². The van der Waals surface area contributed by atoms with Crippen molar-refractivity contribution in [1.29, 1.82) is 0 Å². The minimum Gasteiger partial charge on any atom is -0.378 e. The zero-order valence-corrected chi connectivity index (χ0v) is 15.3. The van der Waals surface area contributed by atoms with Gasteiger partial charge in [0.25, 0.3) is 0 Å². The molecule has 1 aromatic heterocycles. The second-order valence-electron chi connectivity index (χ2n) is 6.24. The van der Waals surface area contributed by atoms with Gasteiger partial charge in [0.15, 0.2) is 0 Å². The molecule has 1 rings (SSSR count). The summed E-state index contributed by atoms with van der Waals surface area (Å²) in [5, 5.41) is 8.34. The van der Waals surface area contributed by atoms with Crippen LogP contribution in [0.15, 0.2) is 6.20 Å². The number of unbranched alkanes of at least 4 members (excludes halogenated alkanes) is 1. The molecule has 1 heterocycles. The molecule has 140 valence electrons. The van der Waals surface area contributed by atoms with Gasteiger partial charge in [0, 0.05) is 12.7 Å². The Hall–Kier alpha value is -1.02. The van der Waals surface area contributed by atoms with Crippen LogP contribution in [-0.2, 0) is 27.2 Å². The molecular weight excluding hydrogens is 308 g/mol. The van der Waals surface area contributed by atoms with E-state index in [4.69, 9.17) is 19.9 Å². The molecule has 0 aliphatic rings. The van der Waals surface area contributed by atoms with Gasteiger partial charge < -0.3 is 19.9 Å². The largest absolute Gasteiger partial charge is 0.378 e. The lowest BCUT2D eigenvalue weighted by Crippen LogP contribution is -2.14. The van der Waals surface area contributed by atoms with Crippen molar-refractivity contribution in [2.24, 2.45) is 11.7 Å². The van der Waals surface area contributed by atoms with Crippen LogP contribution in [0.5, 0.6) is 0 Å². The maximum atomic E-state index is 5.53. The molecule has 0 aromatic carbocycles. The Morgan fingerprint density at radius 3 is 2.33 bits per heavy atom. The molecule has 2 N–H and O–H groups in total. The van der Waals surface area contributed by atoms with Crippen molar-refractivity contribution in [2.45, 2.75) is 46.1 Å². The first-order valence-electron chi connectivity index (χ1n) is 9.04. The summed E-state index contributed by atoms with van der Waals surface area (Å²) >= 11 is 0. The number of aryl methyl sites for hydroxylation is 1. The standard InChI is InChI=1S/C17H34N4O3/c1-16(2)5-3-4-6-17-15-21(20-19-17)8-10-23-12-14-24-13-11-22-9-7-18/h15-16H,3-14,18H2,1-2H3. The molecule has 0 aliphatic heterocycles. The van der Waals surface area contributed by atoms with Crippen LogP contribution in [0.4, 0.5) is 0 Å². The number of ether oxygens (including phenoxy) is 3. The molecular formula is C17H34N4O3. The molecule has 24 heavy (non-hydrogen) atoms. The Balaban J connectivity index is 1.94. The number of nitrogens with two attached hydrogens (primary N) is 1. The predicted molar refractivity (Wildman–Crippen MR) is 93.9 cm³/mol. The van der Waals surface area contributed by atoms with E-state index in [9.17, 15) is 0 Å². The van der Waals surface area contributed by atoms with Gasteiger partial charge in [-0.15, -0.1) is 5.10 Å². The van der Waals surface area contributed by atoms with E-state index in [2.05, 4.69) is 24.2 Å². The number of hydrogen-bond acceptors (Lipinski definition) is 6. The Morgan fingerprint density at radius 2 is 1.67 bits per heavy atom. The molecule has 0 unspecified atom stereocenters. The van der Waals surface area contributed by atoms with Gasteiger partial charge in [0.2, 0.25) is 0 Å². The molecule has 0 spiro atoms. The van der Waals surface area contributed by atoms with E-state index in [1.165, 1.54) is 19.3 Å². The summed E-state index contributed by atoms with van der Waals surface area (Å²) in [6, 6.07) is 0. The molecule has 0 fully saturated rings. The Kier molecular flexibility index (Phi) is 12.6. The van der Waals surface area contributed by atoms with Gasteiger partial charge in [0.05, 0.1) is 51.9 Å². The molecule has 0 radical (unpaired) electrons. The first kappa shape index (κ1) is 21.0. The topological polar surface area (TPSA) is 84.4 Å². The number of hydrogen-bond donors (Lipinski definition) is 1. The molecule has 0 atom stereocenters. The summed E-state index contributed by atoms with van der Waals surface area (Å²) in [7, 11) is 0. The summed E-state index contributed by atoms with van der Waals surface area (Å²) in [5.41, 5.74) is 6.39. The van der Waals surface area contributed by atoms with Gasteiger partial charge >= 0.3 is 0 Å². The van der Waals surface area contributed by atoms with Gasteiger partial charge in [-0.1, -0.05) is 31.9 Å². The van der Waals surface area contributed by atoms with Gasteiger partial charge in [-0.05, 0) is 18.8 Å². The molecule has 7 nitrogen and oxygen atoms in total. The molecule has 0 bridgehead atoms. The third-order valence-corrected chi connectivity index (χ3v) is 3.52. The fourth-order valence-electron chi connectivity index (χ4n) is 2.20. The lowest BCUT2D eigenvalue weighted by molar-refractivity contribution is 0.0141. The van der Waals surface area contributed by atoms with E-state index >= 15 is 0 Å². The van der Waals surface area contributed by atoms with E-state index in [0.29, 0.717) is 46.2 Å². The SMILES string of the molecule is CC(C)CCCCc1cn(CCOCCOCCOCCN)nn1. The molecule has 0 amide bonds. The fourth-order valence-corrected chi connectivity index (χ4v) is 2.20. The van der Waals surface area contributed by atoms with E-state index in [1.807, 2.05) is 10.9 Å². The van der Waals surface area contributed by atoms with E-state index in [0.717, 1.165) is 24.6 Å². The molecule has 0 saturated carbocycles. The van der Waals surface area contributed by atoms with Crippen LogP contribution in [0.25, 0.3) is 0 Å². The maximum absolute atomic E-state index is 5.53. The van der Waals surface area contributed by atoms with Crippen LogP contribution in [0.3, 0.4) is 0 Å². The van der Waals surface area contributed by atoms with Crippen molar-refractivity contribution < 1.29 is 14.2 Å². The summed E-state index contributed by atoms with van der Waals surface area (Å²) in [5.74, 6) is 0.778. The van der Waals surface area contributed by atoms with Crippen molar-refractivity contribution in [3.8, 4) is 0 Å². The van der Waals surface area contributed by atoms with Gasteiger partial charge in [-0.25, -0.2) is 4.68 Å². The van der Waals surface area contributed by atoms with Crippen molar-refractivity contribution >= 4 is 0 Å². The summed E-state index contributed by atoms with van der Waals surface area (Å²) in [4.78, 5) is 0. The van der Waals surface area contributed by atoms with Crippen molar-refractivity contribution in [2.75, 3.05) is 46.2 Å². The second-order valence-corrected chi connectivity index (χ2v) is 6.24. The minimum absolute atomic E-state index is 0.547. The Bertz CT molecular complexity index is 399. The quantitative estimate of drug-likeness (QED) is 0.460. The maximum Gasteiger partial charge on any atom is 0.0827 e. The average Bonchev–Trinajstić information content (AvgIpc) is 3.01. The van der Waals surface area contributed by atoms with Crippen LogP contribution in [0, 0.1) is 5.92 Å². The van der Waals surface area contributed by atoms with Crippen LogP contribution in [-0.4, -0.2) is 61.2 Å². The summed E-state index contributed by atoms with van der Waals surface area (Å²) in [6.45, 7) is 9.29. The van der Waals surface area contributed by atoms with Gasteiger partial charge in [0.1, 0.15) is 0 Å². The van der Waals surface area contributed by atoms with Gasteiger partial charge in [-0.3, -0.25) is 0 Å². The zero-order chi connectivity index (χ0) is 17.5. The molecule has 0 saturated heterocycles. The summed E-state index contributed by atoms with van der Waals surface area (Å²) < 4.78 is 18.0. The molecule has 0 aliphatic carbocycles. The first-order valence-corrected chi connectivity index (χ1v) is 9.04. The van der Waals surface area contributed by atoms with E-state index in [-0.39, 0.29) is 0 Å². The zero-order valence-electron chi connectivity index (χ0n) is 15.3. The van der Waals surface area contributed by atoms with Crippen LogP contribution >= 0.6 is 0 Å². The van der Waals surface area contributed by atoms with Crippen molar-refractivity contribution in [1.82, 2.24) is 15.0 Å². The first-order chi connectivity index (χ1) is 11.7. The second kappa shape index (κ2) is 14.3. The fraction of sp³-hybridized carbons (Fsp3) is 0.882. The van der Waals surface area contributed by atoms with Crippen molar-refractivity contribution in [3.05, 3.63) is 11.9 Å². The summed E-state index contributed by atoms with van der Waals surface area (Å²) in [6.07, 6.45) is 6.74. The third kappa shape index (κ3) is 11.5. The number of nitrogens with zero attached hydrogens (tertiary/aromatic N) is 3. The third-order valence-electron chi connectivity index (χ3n) is 3.52. The Labute approximate surface area is 145 Å². The highest BCUT2D eigenvalue weighted by molar-refractivity contribution is 4.92. The molecule has 7 heteroatoms. The normalized spacial score (nSPS) is 11.5.